The van der Waals surface area contributed by atoms with Gasteiger partial charge < -0.3 is 24.8 Å². The van der Waals surface area contributed by atoms with Crippen LogP contribution in [0.2, 0.25) is 10.0 Å². The Morgan fingerprint density at radius 3 is 2.51 bits per heavy atom. The molecule has 2 saturated heterocycles. The number of rotatable bonds is 7. The molecule has 3 aliphatic heterocycles. The number of hydrogen-bond donors (Lipinski definition) is 2. The molecule has 0 atom stereocenters. The molecule has 2 fully saturated rings. The summed E-state index contributed by atoms with van der Waals surface area (Å²) < 4.78 is 7.58. The molecule has 12 heteroatoms. The summed E-state index contributed by atoms with van der Waals surface area (Å²) in [5, 5.41) is 7.17. The van der Waals surface area contributed by atoms with Crippen molar-refractivity contribution in [3.63, 3.8) is 0 Å². The summed E-state index contributed by atoms with van der Waals surface area (Å²) >= 11 is 14.0. The SMILES string of the molecule is COc1nc(-c2cccc(-c3cccc(NC(=O)c4nc5c(n4C)CCN(C)C5)c3Cl)c2Cl)ccc1CN1CC2(CCC(=C=O)N2)C1. The predicted octanol–water partition coefficient (Wildman–Crippen LogP) is 5.36. The van der Waals surface area contributed by atoms with Gasteiger partial charge in [0.05, 0.1) is 45.5 Å². The number of anilines is 1. The van der Waals surface area contributed by atoms with Crippen LogP contribution >= 0.6 is 23.2 Å². The van der Waals surface area contributed by atoms with E-state index in [4.69, 9.17) is 32.9 Å². The van der Waals surface area contributed by atoms with Crippen LogP contribution in [0.1, 0.15) is 40.4 Å². The number of pyridine rings is 1. The molecule has 242 valence electrons. The van der Waals surface area contributed by atoms with E-state index < -0.39 is 0 Å². The first kappa shape index (κ1) is 31.4. The molecule has 7 rings (SSSR count). The molecule has 1 amide bonds. The first-order chi connectivity index (χ1) is 22.7. The Morgan fingerprint density at radius 1 is 1.02 bits per heavy atom. The molecular formula is C35H35Cl2N7O3. The van der Waals surface area contributed by atoms with Gasteiger partial charge >= 0.3 is 0 Å². The van der Waals surface area contributed by atoms with Crippen molar-refractivity contribution in [1.29, 1.82) is 0 Å². The molecule has 10 nitrogen and oxygen atoms in total. The van der Waals surface area contributed by atoms with Crippen molar-refractivity contribution in [1.82, 2.24) is 29.7 Å². The van der Waals surface area contributed by atoms with Gasteiger partial charge in [0.2, 0.25) is 5.88 Å². The van der Waals surface area contributed by atoms with Gasteiger partial charge in [0.25, 0.3) is 5.91 Å². The van der Waals surface area contributed by atoms with Crippen LogP contribution in [0.4, 0.5) is 5.69 Å². The molecule has 2 N–H and O–H groups in total. The van der Waals surface area contributed by atoms with Crippen LogP contribution in [0.5, 0.6) is 5.88 Å². The maximum Gasteiger partial charge on any atom is 0.291 e. The average molecular weight is 673 g/mol. The summed E-state index contributed by atoms with van der Waals surface area (Å²) in [5.41, 5.74) is 6.87. The number of hydrogen-bond acceptors (Lipinski definition) is 8. The van der Waals surface area contributed by atoms with Gasteiger partial charge in [0.1, 0.15) is 5.94 Å². The first-order valence-corrected chi connectivity index (χ1v) is 16.3. The standard InChI is InChI=1S/C35H35Cl2N7O3/c1-42-15-13-29-28(17-42)38-32(43(29)2)33(46)39-27-9-5-7-24(31(27)37)23-6-4-8-25(30(23)36)26-11-10-21(34(40-26)47-3)16-44-19-35(20-44)14-12-22(18-45)41-35/h4-11,41H,12-17,19-20H2,1-3H3,(H,39,46). The molecule has 4 aromatic rings. The Labute approximate surface area is 283 Å². The number of nitrogens with zero attached hydrogens (tertiary/aromatic N) is 5. The summed E-state index contributed by atoms with van der Waals surface area (Å²) in [6.07, 6.45) is 2.54. The van der Waals surface area contributed by atoms with Gasteiger partial charge in [-0.3, -0.25) is 9.69 Å². The number of imidazole rings is 1. The Bertz CT molecular complexity index is 1950. The van der Waals surface area contributed by atoms with Gasteiger partial charge in [-0.1, -0.05) is 59.6 Å². The van der Waals surface area contributed by atoms with Crippen molar-refractivity contribution in [2.24, 2.45) is 7.05 Å². The summed E-state index contributed by atoms with van der Waals surface area (Å²) in [4.78, 5) is 38.4. The number of likely N-dealkylation sites (tertiary alicyclic amines) is 1. The van der Waals surface area contributed by atoms with E-state index in [-0.39, 0.29) is 11.4 Å². The smallest absolute Gasteiger partial charge is 0.291 e. The number of carbonyl (C=O) groups is 1. The number of amides is 1. The molecule has 0 aliphatic carbocycles. The number of fused-ring (bicyclic) bond motifs is 1. The topological polar surface area (TPSA) is 105 Å². The molecule has 0 radical (unpaired) electrons. The zero-order valence-corrected chi connectivity index (χ0v) is 28.0. The summed E-state index contributed by atoms with van der Waals surface area (Å²) in [5.74, 6) is 2.57. The van der Waals surface area contributed by atoms with Crippen molar-refractivity contribution in [3.8, 4) is 28.3 Å². The molecule has 1 spiro atoms. The van der Waals surface area contributed by atoms with Crippen LogP contribution in [0.15, 0.2) is 54.2 Å². The van der Waals surface area contributed by atoms with E-state index in [0.717, 1.165) is 61.4 Å². The van der Waals surface area contributed by atoms with Crippen molar-refractivity contribution < 1.29 is 14.3 Å². The molecular weight excluding hydrogens is 637 g/mol. The van der Waals surface area contributed by atoms with E-state index >= 15 is 0 Å². The number of allylic oxidation sites excluding steroid dienone is 1. The summed E-state index contributed by atoms with van der Waals surface area (Å²) in [7, 11) is 5.54. The third kappa shape index (κ3) is 5.81. The fourth-order valence-electron chi connectivity index (χ4n) is 7.02. The van der Waals surface area contributed by atoms with Crippen molar-refractivity contribution in [2.75, 3.05) is 39.1 Å². The molecule has 2 aromatic carbocycles. The molecule has 3 aliphatic rings. The van der Waals surface area contributed by atoms with Crippen LogP contribution in [-0.4, -0.2) is 75.5 Å². The first-order valence-electron chi connectivity index (χ1n) is 15.6. The number of carbonyl (C=O) groups excluding carboxylic acids is 2. The van der Waals surface area contributed by atoms with E-state index in [2.05, 4.69) is 25.4 Å². The molecule has 5 heterocycles. The van der Waals surface area contributed by atoms with Gasteiger partial charge in [-0.2, -0.15) is 0 Å². The minimum atomic E-state index is -0.324. The largest absolute Gasteiger partial charge is 0.481 e. The van der Waals surface area contributed by atoms with Gasteiger partial charge in [-0.25, -0.2) is 14.8 Å². The summed E-state index contributed by atoms with van der Waals surface area (Å²) in [6.45, 7) is 4.01. The second kappa shape index (κ2) is 12.4. The lowest BCUT2D eigenvalue weighted by Gasteiger charge is -2.48. The minimum Gasteiger partial charge on any atom is -0.481 e. The number of methoxy groups -OCH3 is 1. The van der Waals surface area contributed by atoms with E-state index in [0.29, 0.717) is 63.0 Å². The van der Waals surface area contributed by atoms with E-state index in [1.54, 1.807) is 13.2 Å². The predicted molar refractivity (Wildman–Crippen MR) is 182 cm³/mol. The second-order valence-electron chi connectivity index (χ2n) is 12.7. The van der Waals surface area contributed by atoms with Gasteiger partial charge in [0.15, 0.2) is 5.82 Å². The number of ether oxygens (including phenoxy) is 1. The van der Waals surface area contributed by atoms with Crippen LogP contribution < -0.4 is 15.4 Å². The lowest BCUT2D eigenvalue weighted by Crippen LogP contribution is -2.65. The van der Waals surface area contributed by atoms with Crippen molar-refractivity contribution in [3.05, 3.63) is 87.0 Å². The lowest BCUT2D eigenvalue weighted by atomic mass is 9.88. The van der Waals surface area contributed by atoms with E-state index in [1.807, 2.05) is 67.1 Å². The van der Waals surface area contributed by atoms with Crippen LogP contribution in [0.3, 0.4) is 0 Å². The quantitative estimate of drug-likeness (QED) is 0.253. The zero-order valence-electron chi connectivity index (χ0n) is 26.5. The van der Waals surface area contributed by atoms with Crippen molar-refractivity contribution in [2.45, 2.75) is 37.9 Å². The Morgan fingerprint density at radius 2 is 1.77 bits per heavy atom. The molecule has 2 aromatic heterocycles. The number of nitrogens with one attached hydrogen (secondary N) is 2. The van der Waals surface area contributed by atoms with E-state index in [9.17, 15) is 9.59 Å². The fourth-order valence-corrected chi connectivity index (χ4v) is 7.62. The highest BCUT2D eigenvalue weighted by molar-refractivity contribution is 6.39. The van der Waals surface area contributed by atoms with Crippen LogP contribution in [-0.2, 0) is 31.4 Å². The Balaban J connectivity index is 1.11. The maximum absolute atomic E-state index is 13.4. The zero-order chi connectivity index (χ0) is 32.9. The van der Waals surface area contributed by atoms with Crippen LogP contribution in [0.25, 0.3) is 22.4 Å². The normalized spacial score (nSPS) is 17.2. The van der Waals surface area contributed by atoms with Gasteiger partial charge in [-0.05, 0) is 25.6 Å². The number of benzene rings is 2. The minimum absolute atomic E-state index is 0.0301. The average Bonchev–Trinajstić information content (AvgIpc) is 3.63. The Kier molecular flexibility index (Phi) is 8.32. The third-order valence-electron chi connectivity index (χ3n) is 9.43. The highest BCUT2D eigenvalue weighted by Crippen LogP contribution is 2.42. The molecule has 0 saturated carbocycles. The highest BCUT2D eigenvalue weighted by Gasteiger charge is 2.46. The number of aromatic nitrogens is 3. The van der Waals surface area contributed by atoms with Gasteiger partial charge in [-0.15, -0.1) is 0 Å². The van der Waals surface area contributed by atoms with Gasteiger partial charge in [0, 0.05) is 80.6 Å². The summed E-state index contributed by atoms with van der Waals surface area (Å²) in [6, 6.07) is 15.2. The lowest BCUT2D eigenvalue weighted by molar-refractivity contribution is 0.0501. The molecule has 0 unspecified atom stereocenters. The highest BCUT2D eigenvalue weighted by atomic mass is 35.5. The second-order valence-corrected chi connectivity index (χ2v) is 13.4. The third-order valence-corrected chi connectivity index (χ3v) is 10.2. The molecule has 47 heavy (non-hydrogen) atoms. The fraction of sp³-hybridized carbons (Fsp3) is 0.343. The van der Waals surface area contributed by atoms with E-state index in [1.165, 1.54) is 0 Å². The van der Waals surface area contributed by atoms with Crippen LogP contribution in [0, 0.1) is 0 Å². The number of halogens is 2. The Hall–Kier alpha value is -4.18. The van der Waals surface area contributed by atoms with Crippen molar-refractivity contribution >= 4 is 40.7 Å². The monoisotopic (exact) mass is 671 g/mol. The number of likely N-dealkylation sites (N-methyl/N-ethyl adjacent to an activating group) is 1. The maximum atomic E-state index is 13.4. The molecule has 0 bridgehead atoms.